The van der Waals surface area contributed by atoms with Gasteiger partial charge < -0.3 is 15.5 Å². The zero-order chi connectivity index (χ0) is 17.3. The van der Waals surface area contributed by atoms with Gasteiger partial charge in [0.25, 0.3) is 0 Å². The molecular formula is C16H22F3N3O. The largest absolute Gasteiger partial charge is 0.416 e. The van der Waals surface area contributed by atoms with Crippen molar-refractivity contribution in [1.29, 1.82) is 0 Å². The summed E-state index contributed by atoms with van der Waals surface area (Å²) in [6.07, 6.45) is -4.35. The standard InChI is InChI=1S/C16H22F3N3O/c1-15(2,11-20)14(23)22-8-6-21(7-9-22)13-5-3-4-12(10-13)16(17,18)19/h3-5,10H,6-9,11,20H2,1-2H3. The molecular weight excluding hydrogens is 307 g/mol. The Kier molecular flexibility index (Phi) is 4.89. The third kappa shape index (κ3) is 3.96. The number of nitrogens with two attached hydrogens (primary N) is 1. The van der Waals surface area contributed by atoms with Crippen LogP contribution in [0, 0.1) is 5.41 Å². The Bertz CT molecular complexity index is 564. The van der Waals surface area contributed by atoms with Crippen molar-refractivity contribution in [2.45, 2.75) is 20.0 Å². The lowest BCUT2D eigenvalue weighted by Gasteiger charge is -2.39. The first-order valence-electron chi connectivity index (χ1n) is 7.57. The first kappa shape index (κ1) is 17.6. The molecule has 2 N–H and O–H groups in total. The van der Waals surface area contributed by atoms with Crippen LogP contribution in [0.1, 0.15) is 19.4 Å². The highest BCUT2D eigenvalue weighted by Crippen LogP contribution is 2.32. The number of amides is 1. The van der Waals surface area contributed by atoms with Gasteiger partial charge in [0.2, 0.25) is 5.91 Å². The third-order valence-corrected chi connectivity index (χ3v) is 4.19. The van der Waals surface area contributed by atoms with Gasteiger partial charge in [-0.05, 0) is 32.0 Å². The zero-order valence-corrected chi connectivity index (χ0v) is 13.4. The molecule has 1 aromatic carbocycles. The predicted octanol–water partition coefficient (Wildman–Crippen LogP) is 2.34. The van der Waals surface area contributed by atoms with Gasteiger partial charge in [-0.25, -0.2) is 0 Å². The molecule has 1 heterocycles. The van der Waals surface area contributed by atoms with Crippen LogP contribution in [0.25, 0.3) is 0 Å². The quantitative estimate of drug-likeness (QED) is 0.926. The maximum absolute atomic E-state index is 12.8. The molecule has 1 aliphatic heterocycles. The average molecular weight is 329 g/mol. The molecule has 0 spiro atoms. The number of hydrogen-bond acceptors (Lipinski definition) is 3. The summed E-state index contributed by atoms with van der Waals surface area (Å²) in [7, 11) is 0. The van der Waals surface area contributed by atoms with Crippen LogP contribution in [0.15, 0.2) is 24.3 Å². The summed E-state index contributed by atoms with van der Waals surface area (Å²) in [6, 6.07) is 5.29. The van der Waals surface area contributed by atoms with Crippen LogP contribution in [-0.4, -0.2) is 43.5 Å². The van der Waals surface area contributed by atoms with Gasteiger partial charge in [-0.2, -0.15) is 13.2 Å². The molecule has 1 saturated heterocycles. The SMILES string of the molecule is CC(C)(CN)C(=O)N1CCN(c2cccc(C(F)(F)F)c2)CC1. The van der Waals surface area contributed by atoms with E-state index in [0.717, 1.165) is 12.1 Å². The molecule has 0 bridgehead atoms. The molecule has 1 aliphatic rings. The van der Waals surface area contributed by atoms with Gasteiger partial charge in [-0.15, -0.1) is 0 Å². The van der Waals surface area contributed by atoms with Crippen molar-refractivity contribution in [3.63, 3.8) is 0 Å². The summed E-state index contributed by atoms with van der Waals surface area (Å²) in [4.78, 5) is 16.0. The van der Waals surface area contributed by atoms with Gasteiger partial charge in [0.05, 0.1) is 11.0 Å². The molecule has 1 fully saturated rings. The highest BCUT2D eigenvalue weighted by Gasteiger charge is 2.33. The number of carbonyl (C=O) groups excluding carboxylic acids is 1. The monoisotopic (exact) mass is 329 g/mol. The summed E-state index contributed by atoms with van der Waals surface area (Å²) in [6.45, 7) is 5.85. The molecule has 7 heteroatoms. The molecule has 0 aliphatic carbocycles. The van der Waals surface area contributed by atoms with E-state index in [9.17, 15) is 18.0 Å². The minimum absolute atomic E-state index is 0.0105. The molecule has 0 unspecified atom stereocenters. The minimum atomic E-state index is -4.35. The van der Waals surface area contributed by atoms with Crippen molar-refractivity contribution in [3.05, 3.63) is 29.8 Å². The number of nitrogens with zero attached hydrogens (tertiary/aromatic N) is 2. The molecule has 4 nitrogen and oxygen atoms in total. The van der Waals surface area contributed by atoms with Crippen LogP contribution in [0.3, 0.4) is 0 Å². The number of rotatable bonds is 3. The van der Waals surface area contributed by atoms with Crippen molar-refractivity contribution in [1.82, 2.24) is 4.90 Å². The van der Waals surface area contributed by atoms with Crippen LogP contribution in [0.5, 0.6) is 0 Å². The van der Waals surface area contributed by atoms with Crippen LogP contribution >= 0.6 is 0 Å². The molecule has 0 atom stereocenters. The lowest BCUT2D eigenvalue weighted by Crippen LogP contribution is -2.53. The Morgan fingerprint density at radius 2 is 1.78 bits per heavy atom. The van der Waals surface area contributed by atoms with E-state index in [-0.39, 0.29) is 12.5 Å². The van der Waals surface area contributed by atoms with Gasteiger partial charge >= 0.3 is 6.18 Å². The van der Waals surface area contributed by atoms with E-state index in [1.54, 1.807) is 24.8 Å². The predicted molar refractivity (Wildman–Crippen MR) is 83.1 cm³/mol. The van der Waals surface area contributed by atoms with E-state index in [1.807, 2.05) is 4.90 Å². The fraction of sp³-hybridized carbons (Fsp3) is 0.562. The summed E-state index contributed by atoms with van der Waals surface area (Å²) in [5, 5.41) is 0. The van der Waals surface area contributed by atoms with Crippen molar-refractivity contribution in [3.8, 4) is 0 Å². The minimum Gasteiger partial charge on any atom is -0.368 e. The third-order valence-electron chi connectivity index (χ3n) is 4.19. The summed E-state index contributed by atoms with van der Waals surface area (Å²) in [5.41, 5.74) is 4.89. The van der Waals surface area contributed by atoms with Crippen LogP contribution in [0.2, 0.25) is 0 Å². The van der Waals surface area contributed by atoms with E-state index in [2.05, 4.69) is 0 Å². The van der Waals surface area contributed by atoms with Gasteiger partial charge in [-0.1, -0.05) is 6.07 Å². The Labute approximate surface area is 134 Å². The second kappa shape index (κ2) is 6.39. The fourth-order valence-electron chi connectivity index (χ4n) is 2.56. The number of anilines is 1. The first-order chi connectivity index (χ1) is 10.6. The molecule has 1 aromatic rings. The van der Waals surface area contributed by atoms with Crippen molar-refractivity contribution in [2.24, 2.45) is 11.1 Å². The second-order valence-electron chi connectivity index (χ2n) is 6.42. The number of hydrogen-bond donors (Lipinski definition) is 1. The lowest BCUT2D eigenvalue weighted by molar-refractivity contribution is -0.140. The van der Waals surface area contributed by atoms with E-state index >= 15 is 0 Å². The van der Waals surface area contributed by atoms with Gasteiger partial charge in [0.1, 0.15) is 0 Å². The van der Waals surface area contributed by atoms with Gasteiger partial charge in [0.15, 0.2) is 0 Å². The number of benzene rings is 1. The Morgan fingerprint density at radius 3 is 2.30 bits per heavy atom. The maximum Gasteiger partial charge on any atom is 0.416 e. The molecule has 0 radical (unpaired) electrons. The summed E-state index contributed by atoms with van der Waals surface area (Å²) >= 11 is 0. The maximum atomic E-state index is 12.8. The lowest BCUT2D eigenvalue weighted by atomic mass is 9.91. The number of alkyl halides is 3. The number of piperazine rings is 1. The normalized spacial score (nSPS) is 16.6. The van der Waals surface area contributed by atoms with Crippen LogP contribution in [0.4, 0.5) is 18.9 Å². The zero-order valence-electron chi connectivity index (χ0n) is 13.4. The van der Waals surface area contributed by atoms with Crippen LogP contribution < -0.4 is 10.6 Å². The van der Waals surface area contributed by atoms with Crippen molar-refractivity contribution < 1.29 is 18.0 Å². The molecule has 23 heavy (non-hydrogen) atoms. The van der Waals surface area contributed by atoms with Crippen molar-refractivity contribution >= 4 is 11.6 Å². The van der Waals surface area contributed by atoms with E-state index < -0.39 is 17.2 Å². The average Bonchev–Trinajstić information content (AvgIpc) is 2.53. The Morgan fingerprint density at radius 1 is 1.17 bits per heavy atom. The second-order valence-corrected chi connectivity index (χ2v) is 6.42. The molecule has 128 valence electrons. The van der Waals surface area contributed by atoms with Crippen LogP contribution in [-0.2, 0) is 11.0 Å². The van der Waals surface area contributed by atoms with E-state index in [0.29, 0.717) is 31.9 Å². The summed E-state index contributed by atoms with van der Waals surface area (Å²) < 4.78 is 38.4. The Hall–Kier alpha value is -1.76. The molecule has 2 rings (SSSR count). The summed E-state index contributed by atoms with van der Waals surface area (Å²) in [5.74, 6) is -0.0105. The number of carbonyl (C=O) groups is 1. The van der Waals surface area contributed by atoms with E-state index in [1.165, 1.54) is 6.07 Å². The van der Waals surface area contributed by atoms with Crippen molar-refractivity contribution in [2.75, 3.05) is 37.6 Å². The fourth-order valence-corrected chi connectivity index (χ4v) is 2.56. The van der Waals surface area contributed by atoms with E-state index in [4.69, 9.17) is 5.73 Å². The smallest absolute Gasteiger partial charge is 0.368 e. The topological polar surface area (TPSA) is 49.6 Å². The number of halogens is 3. The Balaban J connectivity index is 2.04. The molecule has 0 saturated carbocycles. The molecule has 0 aromatic heterocycles. The highest BCUT2D eigenvalue weighted by molar-refractivity contribution is 5.82. The highest BCUT2D eigenvalue weighted by atomic mass is 19.4. The first-order valence-corrected chi connectivity index (χ1v) is 7.57. The molecule has 1 amide bonds. The van der Waals surface area contributed by atoms with Gasteiger partial charge in [0, 0.05) is 38.4 Å². The van der Waals surface area contributed by atoms with Gasteiger partial charge in [-0.3, -0.25) is 4.79 Å².